The molecule has 0 saturated carbocycles. The summed E-state index contributed by atoms with van der Waals surface area (Å²) in [6.45, 7) is 5.01. The van der Waals surface area contributed by atoms with Crippen molar-refractivity contribution < 1.29 is 22.7 Å². The number of carbonyl (C=O) groups excluding carboxylic acids is 1. The molecule has 0 unspecified atom stereocenters. The molecule has 0 radical (unpaired) electrons. The number of thioether (sulfide) groups is 1. The molecule has 1 fully saturated rings. The van der Waals surface area contributed by atoms with Crippen molar-refractivity contribution in [3.63, 3.8) is 0 Å². The second-order valence-corrected chi connectivity index (χ2v) is 7.30. The molecule has 8 heteroatoms. The normalized spacial score (nSPS) is 20.3. The Bertz CT molecular complexity index is 701. The van der Waals surface area contributed by atoms with Gasteiger partial charge in [-0.25, -0.2) is 0 Å². The number of alkyl halides is 3. The third kappa shape index (κ3) is 3.70. The minimum Gasteiger partial charge on any atom is -0.483 e. The van der Waals surface area contributed by atoms with E-state index in [9.17, 15) is 18.0 Å². The molecule has 0 bridgehead atoms. The van der Waals surface area contributed by atoms with Crippen LogP contribution in [-0.4, -0.2) is 41.6 Å². The molecule has 130 valence electrons. The lowest BCUT2D eigenvalue weighted by Crippen LogP contribution is -2.48. The highest BCUT2D eigenvalue weighted by Gasteiger charge is 2.34. The lowest BCUT2D eigenvalue weighted by molar-refractivity contribution is -0.128. The lowest BCUT2D eigenvalue weighted by Gasteiger charge is -2.37. The van der Waals surface area contributed by atoms with Gasteiger partial charge in [-0.05, 0) is 49.9 Å². The van der Waals surface area contributed by atoms with Crippen LogP contribution in [0.4, 0.5) is 13.2 Å². The van der Waals surface area contributed by atoms with Crippen molar-refractivity contribution >= 4 is 23.4 Å². The number of piperazine rings is 1. The molecule has 2 aliphatic rings. The summed E-state index contributed by atoms with van der Waals surface area (Å²) >= 11 is -0.176. The number of amides is 1. The van der Waals surface area contributed by atoms with Crippen LogP contribution < -0.4 is 10.1 Å². The van der Waals surface area contributed by atoms with Crippen LogP contribution in [0, 0.1) is 0 Å². The smallest absolute Gasteiger partial charge is 0.446 e. The predicted octanol–water partition coefficient (Wildman–Crippen LogP) is 3.24. The van der Waals surface area contributed by atoms with Gasteiger partial charge in [0.15, 0.2) is 0 Å². The highest BCUT2D eigenvalue weighted by Crippen LogP contribution is 2.43. The average molecular weight is 358 g/mol. The van der Waals surface area contributed by atoms with Crippen LogP contribution in [0.15, 0.2) is 29.2 Å². The molecular weight excluding hydrogens is 341 g/mol. The zero-order chi connectivity index (χ0) is 17.5. The molecular formula is C16H17F3N2O2S. The van der Waals surface area contributed by atoms with Gasteiger partial charge in [0, 0.05) is 23.5 Å². The van der Waals surface area contributed by atoms with E-state index >= 15 is 0 Å². The van der Waals surface area contributed by atoms with E-state index in [-0.39, 0.29) is 29.1 Å². The largest absolute Gasteiger partial charge is 0.483 e. The first kappa shape index (κ1) is 17.2. The van der Waals surface area contributed by atoms with E-state index in [1.807, 2.05) is 13.8 Å². The zero-order valence-corrected chi connectivity index (χ0v) is 14.1. The molecule has 0 spiro atoms. The van der Waals surface area contributed by atoms with Crippen LogP contribution in [-0.2, 0) is 4.79 Å². The highest BCUT2D eigenvalue weighted by molar-refractivity contribution is 8.00. The fourth-order valence-corrected chi connectivity index (χ4v) is 3.38. The Balaban J connectivity index is 2.03. The van der Waals surface area contributed by atoms with Crippen molar-refractivity contribution in [2.45, 2.75) is 29.9 Å². The van der Waals surface area contributed by atoms with Crippen molar-refractivity contribution in [3.05, 3.63) is 29.8 Å². The molecule has 2 heterocycles. The Morgan fingerprint density at radius 1 is 1.33 bits per heavy atom. The molecule has 2 aliphatic heterocycles. The summed E-state index contributed by atoms with van der Waals surface area (Å²) in [6, 6.07) is 4.35. The van der Waals surface area contributed by atoms with Gasteiger partial charge >= 0.3 is 5.51 Å². The molecule has 0 aliphatic carbocycles. The second kappa shape index (κ2) is 6.00. The third-order valence-electron chi connectivity index (χ3n) is 3.70. The van der Waals surface area contributed by atoms with Crippen LogP contribution in [0.1, 0.15) is 19.4 Å². The Kier molecular flexibility index (Phi) is 4.29. The van der Waals surface area contributed by atoms with Gasteiger partial charge in [0.25, 0.3) is 0 Å². The quantitative estimate of drug-likeness (QED) is 0.824. The van der Waals surface area contributed by atoms with Gasteiger partial charge in [0.05, 0.1) is 12.2 Å². The number of halogens is 3. The van der Waals surface area contributed by atoms with Crippen molar-refractivity contribution in [1.29, 1.82) is 0 Å². The number of carbonyl (C=O) groups is 1. The average Bonchev–Trinajstić information content (AvgIpc) is 2.45. The van der Waals surface area contributed by atoms with Crippen LogP contribution in [0.5, 0.6) is 5.75 Å². The first-order valence-corrected chi connectivity index (χ1v) is 8.29. The Morgan fingerprint density at radius 3 is 2.75 bits per heavy atom. The standard InChI is InChI=1S/C16H17F3N2O2S/c1-15(2)8-12(21-6-5-20-9-14(21)22)11-7-10(24-16(17,18)19)3-4-13(11)23-15/h3-4,7-8,20H,5-6,9H2,1-2H3. The van der Waals surface area contributed by atoms with E-state index in [2.05, 4.69) is 5.32 Å². The van der Waals surface area contributed by atoms with E-state index in [1.54, 1.807) is 11.0 Å². The number of nitrogens with one attached hydrogen (secondary N) is 1. The maximum atomic E-state index is 12.7. The summed E-state index contributed by atoms with van der Waals surface area (Å²) in [6.07, 6.45) is 1.79. The van der Waals surface area contributed by atoms with Crippen molar-refractivity contribution in [3.8, 4) is 5.75 Å². The first-order chi connectivity index (χ1) is 11.1. The maximum Gasteiger partial charge on any atom is 0.446 e. The van der Waals surface area contributed by atoms with Gasteiger partial charge < -0.3 is 15.0 Å². The summed E-state index contributed by atoms with van der Waals surface area (Å²) in [7, 11) is 0. The Labute approximate surface area is 142 Å². The summed E-state index contributed by atoms with van der Waals surface area (Å²) in [5, 5.41) is 2.99. The Morgan fingerprint density at radius 2 is 2.08 bits per heavy atom. The monoisotopic (exact) mass is 358 g/mol. The molecule has 3 rings (SSSR count). The third-order valence-corrected chi connectivity index (χ3v) is 4.42. The molecule has 24 heavy (non-hydrogen) atoms. The van der Waals surface area contributed by atoms with Gasteiger partial charge in [0.2, 0.25) is 5.91 Å². The molecule has 1 N–H and O–H groups in total. The number of nitrogens with zero attached hydrogens (tertiary/aromatic N) is 1. The predicted molar refractivity (Wildman–Crippen MR) is 85.6 cm³/mol. The number of ether oxygens (including phenoxy) is 1. The van der Waals surface area contributed by atoms with E-state index in [4.69, 9.17) is 4.74 Å². The van der Waals surface area contributed by atoms with Gasteiger partial charge in [-0.3, -0.25) is 4.79 Å². The fraction of sp³-hybridized carbons (Fsp3) is 0.438. The summed E-state index contributed by atoms with van der Waals surface area (Å²) in [4.78, 5) is 13.9. The van der Waals surface area contributed by atoms with Gasteiger partial charge in [0.1, 0.15) is 11.4 Å². The number of rotatable bonds is 2. The van der Waals surface area contributed by atoms with E-state index in [0.29, 0.717) is 30.1 Å². The van der Waals surface area contributed by atoms with Crippen molar-refractivity contribution in [2.24, 2.45) is 0 Å². The summed E-state index contributed by atoms with van der Waals surface area (Å²) in [5.74, 6) is 0.375. The van der Waals surface area contributed by atoms with Crippen LogP contribution in [0.25, 0.3) is 5.70 Å². The molecule has 1 aromatic rings. The maximum absolute atomic E-state index is 12.7. The zero-order valence-electron chi connectivity index (χ0n) is 13.2. The number of hydrogen-bond acceptors (Lipinski definition) is 4. The minimum atomic E-state index is -4.36. The molecule has 1 aromatic carbocycles. The highest BCUT2D eigenvalue weighted by atomic mass is 32.2. The minimum absolute atomic E-state index is 0.0676. The molecule has 1 saturated heterocycles. The van der Waals surface area contributed by atoms with E-state index in [0.717, 1.165) is 0 Å². The topological polar surface area (TPSA) is 41.6 Å². The Hall–Kier alpha value is -1.67. The number of fused-ring (bicyclic) bond motifs is 1. The van der Waals surface area contributed by atoms with Gasteiger partial charge in [-0.15, -0.1) is 0 Å². The SMILES string of the molecule is CC1(C)C=C(N2CCNCC2=O)c2cc(SC(F)(F)F)ccc2O1. The molecule has 0 atom stereocenters. The van der Waals surface area contributed by atoms with E-state index in [1.165, 1.54) is 18.2 Å². The molecule has 1 amide bonds. The van der Waals surface area contributed by atoms with E-state index < -0.39 is 11.1 Å². The van der Waals surface area contributed by atoms with Crippen LogP contribution in [0.2, 0.25) is 0 Å². The second-order valence-electron chi connectivity index (χ2n) is 6.16. The molecule has 4 nitrogen and oxygen atoms in total. The van der Waals surface area contributed by atoms with Gasteiger partial charge in [-0.1, -0.05) is 0 Å². The molecule has 0 aromatic heterocycles. The number of hydrogen-bond donors (Lipinski definition) is 1. The summed E-state index contributed by atoms with van der Waals surface area (Å²) < 4.78 is 43.8. The summed E-state index contributed by atoms with van der Waals surface area (Å²) in [5.41, 5.74) is -3.89. The number of benzene rings is 1. The fourth-order valence-electron chi connectivity index (χ4n) is 2.80. The van der Waals surface area contributed by atoms with Crippen LogP contribution in [0.3, 0.4) is 0 Å². The van der Waals surface area contributed by atoms with Gasteiger partial charge in [-0.2, -0.15) is 13.2 Å². The van der Waals surface area contributed by atoms with Crippen molar-refractivity contribution in [1.82, 2.24) is 10.2 Å². The lowest BCUT2D eigenvalue weighted by atomic mass is 9.98. The first-order valence-electron chi connectivity index (χ1n) is 7.48. The van der Waals surface area contributed by atoms with Crippen LogP contribution >= 0.6 is 11.8 Å². The van der Waals surface area contributed by atoms with Crippen molar-refractivity contribution in [2.75, 3.05) is 19.6 Å².